The van der Waals surface area contributed by atoms with Crippen LogP contribution in [0.4, 0.5) is 0 Å². The smallest absolute Gasteiger partial charge is 0.338 e. The Morgan fingerprint density at radius 1 is 1.21 bits per heavy atom. The molecule has 0 N–H and O–H groups in total. The van der Waals surface area contributed by atoms with Crippen LogP contribution in [0.15, 0.2) is 40.3 Å². The molecule has 0 unspecified atom stereocenters. The van der Waals surface area contributed by atoms with Crippen LogP contribution in [0.5, 0.6) is 0 Å². The minimum atomic E-state index is -0.545. The van der Waals surface area contributed by atoms with Crippen molar-refractivity contribution in [3.63, 3.8) is 0 Å². The van der Waals surface area contributed by atoms with Crippen LogP contribution in [-0.2, 0) is 10.5 Å². The molecule has 7 heteroatoms. The number of pyridine rings is 1. The molecule has 1 saturated carbocycles. The molecule has 2 aromatic heterocycles. The lowest BCUT2D eigenvalue weighted by Gasteiger charge is -2.16. The zero-order valence-corrected chi connectivity index (χ0v) is 16.9. The van der Waals surface area contributed by atoms with Crippen molar-refractivity contribution in [2.24, 2.45) is 0 Å². The van der Waals surface area contributed by atoms with Crippen molar-refractivity contribution in [3.05, 3.63) is 63.1 Å². The number of carbonyl (C=O) groups is 1. The van der Waals surface area contributed by atoms with Crippen molar-refractivity contribution in [2.75, 3.05) is 7.11 Å². The second-order valence-corrected chi connectivity index (χ2v) is 8.02. The van der Waals surface area contributed by atoms with Crippen LogP contribution in [0.3, 0.4) is 0 Å². The third-order valence-electron chi connectivity index (χ3n) is 4.78. The molecule has 0 amide bonds. The Balaban J connectivity index is 1.83. The fourth-order valence-electron chi connectivity index (χ4n) is 3.20. The fraction of sp³-hybridized carbons (Fsp3) is 0.333. The normalized spacial score (nSPS) is 13.7. The predicted molar refractivity (Wildman–Crippen MR) is 109 cm³/mol. The number of benzene rings is 1. The summed E-state index contributed by atoms with van der Waals surface area (Å²) in [6, 6.07) is 10.2. The Bertz CT molecular complexity index is 1120. The number of aryl methyl sites for hydroxylation is 2. The van der Waals surface area contributed by atoms with Crippen molar-refractivity contribution in [1.82, 2.24) is 14.5 Å². The van der Waals surface area contributed by atoms with Crippen molar-refractivity contribution >= 4 is 28.8 Å². The monoisotopic (exact) mass is 395 g/mol. The van der Waals surface area contributed by atoms with Gasteiger partial charge in [-0.05, 0) is 38.3 Å². The standard InChI is InChI=1S/C21H21N3O3S/c1-12-4-6-14(7-5-12)11-28-21-23-19(25)17-16(20(26)27-3)10-13(2)22-18(17)24(21)15-8-9-15/h4-7,10,15H,8-9,11H2,1-3H3. The van der Waals surface area contributed by atoms with Crippen LogP contribution in [0, 0.1) is 13.8 Å². The topological polar surface area (TPSA) is 74.1 Å². The number of nitrogens with zero attached hydrogens (tertiary/aromatic N) is 3. The summed E-state index contributed by atoms with van der Waals surface area (Å²) in [7, 11) is 1.31. The van der Waals surface area contributed by atoms with Gasteiger partial charge in [-0.25, -0.2) is 9.78 Å². The zero-order valence-electron chi connectivity index (χ0n) is 16.1. The van der Waals surface area contributed by atoms with E-state index in [0.717, 1.165) is 12.8 Å². The number of methoxy groups -OCH3 is 1. The van der Waals surface area contributed by atoms with Gasteiger partial charge in [-0.3, -0.25) is 4.79 Å². The van der Waals surface area contributed by atoms with E-state index in [-0.39, 0.29) is 17.0 Å². The van der Waals surface area contributed by atoms with E-state index < -0.39 is 11.5 Å². The van der Waals surface area contributed by atoms with Gasteiger partial charge in [0.15, 0.2) is 5.16 Å². The van der Waals surface area contributed by atoms with Crippen LogP contribution in [0.25, 0.3) is 11.0 Å². The lowest BCUT2D eigenvalue weighted by Crippen LogP contribution is -2.20. The molecular weight excluding hydrogens is 374 g/mol. The average molecular weight is 395 g/mol. The molecule has 1 aromatic carbocycles. The number of thioether (sulfide) groups is 1. The summed E-state index contributed by atoms with van der Waals surface area (Å²) in [6.07, 6.45) is 2.03. The van der Waals surface area contributed by atoms with E-state index in [9.17, 15) is 9.59 Å². The van der Waals surface area contributed by atoms with Crippen molar-refractivity contribution in [2.45, 2.75) is 43.6 Å². The summed E-state index contributed by atoms with van der Waals surface area (Å²) in [6.45, 7) is 3.87. The lowest BCUT2D eigenvalue weighted by molar-refractivity contribution is 0.0602. The van der Waals surface area contributed by atoms with Gasteiger partial charge in [-0.2, -0.15) is 4.98 Å². The van der Waals surface area contributed by atoms with E-state index in [1.54, 1.807) is 6.07 Å². The quantitative estimate of drug-likeness (QED) is 0.371. The van der Waals surface area contributed by atoms with Crippen LogP contribution in [0.1, 0.15) is 46.1 Å². The number of hydrogen-bond acceptors (Lipinski definition) is 6. The lowest BCUT2D eigenvalue weighted by atomic mass is 10.1. The van der Waals surface area contributed by atoms with Gasteiger partial charge in [0.05, 0.1) is 18.1 Å². The number of hydrogen-bond donors (Lipinski definition) is 0. The Morgan fingerprint density at radius 2 is 1.93 bits per heavy atom. The van der Waals surface area contributed by atoms with Gasteiger partial charge < -0.3 is 9.30 Å². The Hall–Kier alpha value is -2.67. The average Bonchev–Trinajstić information content (AvgIpc) is 3.51. The number of carbonyl (C=O) groups excluding carboxylic acids is 1. The highest BCUT2D eigenvalue weighted by molar-refractivity contribution is 7.98. The highest BCUT2D eigenvalue weighted by Gasteiger charge is 2.30. The molecule has 1 aliphatic carbocycles. The third-order valence-corrected chi connectivity index (χ3v) is 5.80. The van der Waals surface area contributed by atoms with Gasteiger partial charge in [0.25, 0.3) is 5.56 Å². The molecule has 3 aromatic rings. The van der Waals surface area contributed by atoms with Crippen molar-refractivity contribution in [1.29, 1.82) is 0 Å². The van der Waals surface area contributed by atoms with Gasteiger partial charge in [0.2, 0.25) is 0 Å². The predicted octanol–water partition coefficient (Wildman–Crippen LogP) is 3.82. The van der Waals surface area contributed by atoms with Crippen LogP contribution in [0.2, 0.25) is 0 Å². The summed E-state index contributed by atoms with van der Waals surface area (Å²) in [4.78, 5) is 34.0. The van der Waals surface area contributed by atoms with Crippen molar-refractivity contribution in [3.8, 4) is 0 Å². The Kier molecular flexibility index (Phi) is 4.93. The van der Waals surface area contributed by atoms with Crippen LogP contribution < -0.4 is 5.56 Å². The number of aromatic nitrogens is 3. The maximum absolute atomic E-state index is 12.8. The van der Waals surface area contributed by atoms with Crippen molar-refractivity contribution < 1.29 is 9.53 Å². The molecule has 0 spiro atoms. The number of fused-ring (bicyclic) bond motifs is 1. The second-order valence-electron chi connectivity index (χ2n) is 7.08. The highest BCUT2D eigenvalue weighted by Crippen LogP contribution is 2.40. The van der Waals surface area contributed by atoms with E-state index >= 15 is 0 Å². The van der Waals surface area contributed by atoms with E-state index in [2.05, 4.69) is 41.2 Å². The van der Waals surface area contributed by atoms with Crippen LogP contribution in [-0.4, -0.2) is 27.6 Å². The van der Waals surface area contributed by atoms with E-state index in [1.165, 1.54) is 30.0 Å². The first kappa shape index (κ1) is 18.7. The first-order chi connectivity index (χ1) is 13.5. The molecule has 0 bridgehead atoms. The highest BCUT2D eigenvalue weighted by atomic mass is 32.2. The minimum Gasteiger partial charge on any atom is -0.465 e. The summed E-state index contributed by atoms with van der Waals surface area (Å²) in [5.74, 6) is 0.164. The van der Waals surface area contributed by atoms with E-state index in [1.807, 2.05) is 11.5 Å². The van der Waals surface area contributed by atoms with Gasteiger partial charge in [0.1, 0.15) is 5.65 Å². The molecule has 0 atom stereocenters. The number of esters is 1. The summed E-state index contributed by atoms with van der Waals surface area (Å²) >= 11 is 1.52. The summed E-state index contributed by atoms with van der Waals surface area (Å²) in [5.41, 5.74) is 3.36. The SMILES string of the molecule is COC(=O)c1cc(C)nc2c1c(=O)nc(SCc1ccc(C)cc1)n2C1CC1. The Morgan fingerprint density at radius 3 is 2.57 bits per heavy atom. The van der Waals surface area contributed by atoms with Gasteiger partial charge in [-0.1, -0.05) is 41.6 Å². The third kappa shape index (κ3) is 3.54. The van der Waals surface area contributed by atoms with E-state index in [4.69, 9.17) is 4.74 Å². The molecule has 0 aliphatic heterocycles. The van der Waals surface area contributed by atoms with Gasteiger partial charge in [0, 0.05) is 17.5 Å². The molecule has 1 aliphatic rings. The molecule has 144 valence electrons. The molecule has 0 radical (unpaired) electrons. The first-order valence-electron chi connectivity index (χ1n) is 9.18. The van der Waals surface area contributed by atoms with Crippen LogP contribution >= 0.6 is 11.8 Å². The number of rotatable bonds is 5. The maximum Gasteiger partial charge on any atom is 0.338 e. The molecule has 6 nitrogen and oxygen atoms in total. The van der Waals surface area contributed by atoms with Gasteiger partial charge >= 0.3 is 5.97 Å². The first-order valence-corrected chi connectivity index (χ1v) is 10.2. The molecule has 0 saturated heterocycles. The second kappa shape index (κ2) is 7.39. The summed E-state index contributed by atoms with van der Waals surface area (Å²) in [5, 5.41) is 0.888. The maximum atomic E-state index is 12.8. The number of ether oxygens (including phenoxy) is 1. The molecule has 2 heterocycles. The summed E-state index contributed by atoms with van der Waals surface area (Å²) < 4.78 is 6.89. The Labute approximate surface area is 167 Å². The molecule has 1 fully saturated rings. The van der Waals surface area contributed by atoms with Gasteiger partial charge in [-0.15, -0.1) is 0 Å². The zero-order chi connectivity index (χ0) is 19.8. The largest absolute Gasteiger partial charge is 0.465 e. The molecular formula is C21H21N3O3S. The minimum absolute atomic E-state index is 0.229. The molecule has 4 rings (SSSR count). The molecule has 28 heavy (non-hydrogen) atoms. The fourth-order valence-corrected chi connectivity index (χ4v) is 4.21. The van der Waals surface area contributed by atoms with E-state index in [0.29, 0.717) is 22.3 Å².